The first-order valence-corrected chi connectivity index (χ1v) is 9.29. The number of rotatable bonds is 7. The number of hydrogen-bond donors (Lipinski definition) is 0. The van der Waals surface area contributed by atoms with E-state index in [9.17, 15) is 8.42 Å². The van der Waals surface area contributed by atoms with Gasteiger partial charge in [0.05, 0.1) is 4.90 Å². The molecule has 1 fully saturated rings. The summed E-state index contributed by atoms with van der Waals surface area (Å²) in [5.41, 5.74) is 1.09. The SMILES string of the molecule is CN(C)S(=O)(=O)c1ccc(N(CCCCl)C2CCC2)cc1. The second kappa shape index (κ2) is 6.99. The predicted molar refractivity (Wildman–Crippen MR) is 87.6 cm³/mol. The number of anilines is 1. The number of nitrogens with zero attached hydrogens (tertiary/aromatic N) is 2. The zero-order valence-electron chi connectivity index (χ0n) is 12.6. The monoisotopic (exact) mass is 330 g/mol. The Kier molecular flexibility index (Phi) is 5.52. The van der Waals surface area contributed by atoms with Crippen molar-refractivity contribution in [3.8, 4) is 0 Å². The van der Waals surface area contributed by atoms with Crippen LogP contribution in [0.5, 0.6) is 0 Å². The summed E-state index contributed by atoms with van der Waals surface area (Å²) in [6.45, 7) is 0.925. The van der Waals surface area contributed by atoms with E-state index in [1.165, 1.54) is 23.6 Å². The van der Waals surface area contributed by atoms with E-state index in [-0.39, 0.29) is 0 Å². The summed E-state index contributed by atoms with van der Waals surface area (Å²) in [5.74, 6) is 0.649. The molecule has 1 aromatic carbocycles. The summed E-state index contributed by atoms with van der Waals surface area (Å²) in [6, 6.07) is 7.77. The zero-order valence-corrected chi connectivity index (χ0v) is 14.2. The van der Waals surface area contributed by atoms with Gasteiger partial charge >= 0.3 is 0 Å². The van der Waals surface area contributed by atoms with Crippen LogP contribution in [-0.2, 0) is 10.0 Å². The van der Waals surface area contributed by atoms with Gasteiger partial charge in [-0.2, -0.15) is 0 Å². The third-order valence-electron chi connectivity index (χ3n) is 4.00. The Morgan fingerprint density at radius 1 is 1.19 bits per heavy atom. The van der Waals surface area contributed by atoms with E-state index in [1.807, 2.05) is 12.1 Å². The normalized spacial score (nSPS) is 16.0. The van der Waals surface area contributed by atoms with Crippen LogP contribution in [0, 0.1) is 0 Å². The predicted octanol–water partition coefficient (Wildman–Crippen LogP) is 2.92. The van der Waals surface area contributed by atoms with Gasteiger partial charge in [0.2, 0.25) is 10.0 Å². The number of benzene rings is 1. The highest BCUT2D eigenvalue weighted by atomic mass is 35.5. The van der Waals surface area contributed by atoms with Crippen molar-refractivity contribution < 1.29 is 8.42 Å². The molecule has 0 bridgehead atoms. The summed E-state index contributed by atoms with van der Waals surface area (Å²) >= 11 is 5.81. The number of hydrogen-bond acceptors (Lipinski definition) is 3. The Balaban J connectivity index is 2.19. The van der Waals surface area contributed by atoms with Crippen molar-refractivity contribution >= 4 is 27.3 Å². The van der Waals surface area contributed by atoms with Gasteiger partial charge in [-0.25, -0.2) is 12.7 Å². The molecule has 0 spiro atoms. The summed E-state index contributed by atoms with van der Waals surface area (Å²) in [6.07, 6.45) is 4.63. The van der Waals surface area contributed by atoms with E-state index in [4.69, 9.17) is 11.6 Å². The van der Waals surface area contributed by atoms with Crippen LogP contribution in [0.15, 0.2) is 29.2 Å². The maximum Gasteiger partial charge on any atom is 0.242 e. The number of halogens is 1. The third kappa shape index (κ3) is 3.71. The van der Waals surface area contributed by atoms with Crippen LogP contribution in [0.4, 0.5) is 5.69 Å². The molecule has 4 nitrogen and oxygen atoms in total. The van der Waals surface area contributed by atoms with Gasteiger partial charge in [0, 0.05) is 38.2 Å². The first kappa shape index (κ1) is 16.6. The molecule has 0 radical (unpaired) electrons. The van der Waals surface area contributed by atoms with E-state index < -0.39 is 10.0 Å². The fourth-order valence-corrected chi connectivity index (χ4v) is 3.49. The van der Waals surface area contributed by atoms with E-state index in [1.54, 1.807) is 26.2 Å². The van der Waals surface area contributed by atoms with Gasteiger partial charge < -0.3 is 4.90 Å². The van der Waals surface area contributed by atoms with Crippen LogP contribution in [0.3, 0.4) is 0 Å². The van der Waals surface area contributed by atoms with Crippen LogP contribution >= 0.6 is 11.6 Å². The summed E-state index contributed by atoms with van der Waals surface area (Å²) in [4.78, 5) is 2.69. The first-order valence-electron chi connectivity index (χ1n) is 7.32. The molecule has 0 unspecified atom stereocenters. The molecule has 2 rings (SSSR count). The molecule has 118 valence electrons. The quantitative estimate of drug-likeness (QED) is 0.722. The molecule has 0 aromatic heterocycles. The minimum Gasteiger partial charge on any atom is -0.369 e. The fraction of sp³-hybridized carbons (Fsp3) is 0.600. The third-order valence-corrected chi connectivity index (χ3v) is 6.09. The lowest BCUT2D eigenvalue weighted by atomic mass is 9.91. The Labute approximate surface area is 132 Å². The highest BCUT2D eigenvalue weighted by molar-refractivity contribution is 7.89. The highest BCUT2D eigenvalue weighted by Gasteiger charge is 2.25. The topological polar surface area (TPSA) is 40.6 Å². The van der Waals surface area contributed by atoms with Crippen molar-refractivity contribution in [1.29, 1.82) is 0 Å². The molecule has 0 amide bonds. The van der Waals surface area contributed by atoms with Crippen molar-refractivity contribution in [2.45, 2.75) is 36.6 Å². The minimum atomic E-state index is -3.35. The van der Waals surface area contributed by atoms with Gasteiger partial charge in [-0.05, 0) is 49.9 Å². The van der Waals surface area contributed by atoms with Gasteiger partial charge in [-0.3, -0.25) is 0 Å². The maximum absolute atomic E-state index is 12.1. The number of sulfonamides is 1. The van der Waals surface area contributed by atoms with Gasteiger partial charge in [0.1, 0.15) is 0 Å². The Bertz CT molecular complexity index is 554. The molecule has 0 saturated heterocycles. The molecule has 0 aliphatic heterocycles. The van der Waals surface area contributed by atoms with Crippen LogP contribution in [0.1, 0.15) is 25.7 Å². The molecule has 0 N–H and O–H groups in total. The second-order valence-corrected chi connectivity index (χ2v) is 8.13. The Morgan fingerprint density at radius 3 is 2.24 bits per heavy atom. The molecule has 1 aromatic rings. The standard InChI is InChI=1S/C15H23ClN2O2S/c1-17(2)21(19,20)15-9-7-14(8-10-15)18(12-4-11-16)13-5-3-6-13/h7-10,13H,3-6,11-12H2,1-2H3. The lowest BCUT2D eigenvalue weighted by Gasteiger charge is -2.39. The van der Waals surface area contributed by atoms with Crippen molar-refractivity contribution in [2.75, 3.05) is 31.4 Å². The van der Waals surface area contributed by atoms with Gasteiger partial charge in [-0.15, -0.1) is 11.6 Å². The van der Waals surface area contributed by atoms with Gasteiger partial charge in [0.25, 0.3) is 0 Å². The van der Waals surface area contributed by atoms with Crippen molar-refractivity contribution in [2.24, 2.45) is 0 Å². The van der Waals surface area contributed by atoms with Crippen LogP contribution in [-0.4, -0.2) is 45.3 Å². The average molecular weight is 331 g/mol. The lowest BCUT2D eigenvalue weighted by Crippen LogP contribution is -2.41. The molecule has 1 saturated carbocycles. The first-order chi connectivity index (χ1) is 9.96. The molecule has 1 aliphatic rings. The molecule has 0 atom stereocenters. The molecule has 1 aliphatic carbocycles. The molecular weight excluding hydrogens is 308 g/mol. The fourth-order valence-electron chi connectivity index (χ4n) is 2.47. The molecule has 6 heteroatoms. The second-order valence-electron chi connectivity index (χ2n) is 5.60. The largest absolute Gasteiger partial charge is 0.369 e. The van der Waals surface area contributed by atoms with E-state index in [2.05, 4.69) is 4.90 Å². The lowest BCUT2D eigenvalue weighted by molar-refractivity contribution is 0.386. The molecule has 21 heavy (non-hydrogen) atoms. The maximum atomic E-state index is 12.1. The van der Waals surface area contributed by atoms with Crippen LogP contribution in [0.25, 0.3) is 0 Å². The van der Waals surface area contributed by atoms with E-state index >= 15 is 0 Å². The van der Waals surface area contributed by atoms with Crippen molar-refractivity contribution in [3.05, 3.63) is 24.3 Å². The Hall–Kier alpha value is -0.780. The van der Waals surface area contributed by atoms with E-state index in [0.717, 1.165) is 18.7 Å². The zero-order chi connectivity index (χ0) is 15.5. The van der Waals surface area contributed by atoms with Crippen LogP contribution < -0.4 is 4.90 Å². The van der Waals surface area contributed by atoms with Gasteiger partial charge in [0.15, 0.2) is 0 Å². The van der Waals surface area contributed by atoms with Gasteiger partial charge in [-0.1, -0.05) is 0 Å². The van der Waals surface area contributed by atoms with Crippen LogP contribution in [0.2, 0.25) is 0 Å². The smallest absolute Gasteiger partial charge is 0.242 e. The molecular formula is C15H23ClN2O2S. The van der Waals surface area contributed by atoms with Crippen molar-refractivity contribution in [3.63, 3.8) is 0 Å². The summed E-state index contributed by atoms with van der Waals surface area (Å²) in [5, 5.41) is 0. The van der Waals surface area contributed by atoms with Crippen molar-refractivity contribution in [1.82, 2.24) is 4.31 Å². The summed E-state index contributed by atoms with van der Waals surface area (Å²) < 4.78 is 25.4. The number of alkyl halides is 1. The molecule has 0 heterocycles. The average Bonchev–Trinajstić information content (AvgIpc) is 2.41. The Morgan fingerprint density at radius 2 is 1.81 bits per heavy atom. The summed E-state index contributed by atoms with van der Waals surface area (Å²) in [7, 11) is -0.262. The van der Waals surface area contributed by atoms with E-state index in [0.29, 0.717) is 16.8 Å². The minimum absolute atomic E-state index is 0.335. The highest BCUT2D eigenvalue weighted by Crippen LogP contribution is 2.30.